The van der Waals surface area contributed by atoms with Crippen LogP contribution < -0.4 is 0 Å². The largest absolute Gasteiger partial charge is 0.478 e. The number of carboxylic acid groups (broad SMARTS) is 1. The number of nitrogens with zero attached hydrogens (tertiary/aromatic N) is 2. The van der Waals surface area contributed by atoms with E-state index in [9.17, 15) is 4.79 Å². The molecule has 0 radical (unpaired) electrons. The summed E-state index contributed by atoms with van der Waals surface area (Å²) in [4.78, 5) is 15.8. The van der Waals surface area contributed by atoms with Crippen LogP contribution in [0.25, 0.3) is 0 Å². The first-order valence-corrected chi connectivity index (χ1v) is 6.66. The van der Waals surface area contributed by atoms with Crippen molar-refractivity contribution < 1.29 is 9.90 Å². The van der Waals surface area contributed by atoms with Crippen molar-refractivity contribution in [3.05, 3.63) is 48.5 Å². The van der Waals surface area contributed by atoms with Crippen molar-refractivity contribution in [3.8, 4) is 0 Å². The fourth-order valence-electron chi connectivity index (χ4n) is 1.58. The third-order valence-electron chi connectivity index (χ3n) is 2.47. The average Bonchev–Trinajstić information content (AvgIpc) is 2.88. The quantitative estimate of drug-likeness (QED) is 0.642. The van der Waals surface area contributed by atoms with Gasteiger partial charge in [0, 0.05) is 23.8 Å². The van der Waals surface area contributed by atoms with Gasteiger partial charge in [-0.05, 0) is 30.4 Å². The van der Waals surface area contributed by atoms with Gasteiger partial charge in [-0.3, -0.25) is 0 Å². The molecule has 0 aliphatic heterocycles. The molecule has 0 fully saturated rings. The minimum Gasteiger partial charge on any atom is -0.478 e. The Morgan fingerprint density at radius 3 is 3.06 bits per heavy atom. The second-order valence-corrected chi connectivity index (χ2v) is 5.00. The van der Waals surface area contributed by atoms with Crippen LogP contribution in [0.5, 0.6) is 0 Å². The highest BCUT2D eigenvalue weighted by Gasteiger charge is 2.03. The van der Waals surface area contributed by atoms with Gasteiger partial charge in [-0.2, -0.15) is 0 Å². The predicted octanol–water partition coefficient (Wildman–Crippen LogP) is 2.76. The lowest BCUT2D eigenvalue weighted by Crippen LogP contribution is -1.97. The van der Waals surface area contributed by atoms with Gasteiger partial charge in [0.05, 0.1) is 11.9 Å². The van der Waals surface area contributed by atoms with Gasteiger partial charge in [-0.25, -0.2) is 9.78 Å². The molecular weight excluding hydrogens is 248 g/mol. The Bertz CT molecular complexity index is 511. The summed E-state index contributed by atoms with van der Waals surface area (Å²) >= 11 is 1.68. The van der Waals surface area contributed by atoms with E-state index in [1.54, 1.807) is 42.5 Å². The minimum absolute atomic E-state index is 0.342. The van der Waals surface area contributed by atoms with Gasteiger partial charge in [0.1, 0.15) is 0 Å². The van der Waals surface area contributed by atoms with E-state index in [0.29, 0.717) is 5.56 Å². The zero-order chi connectivity index (χ0) is 12.8. The molecule has 0 atom stereocenters. The second kappa shape index (κ2) is 6.26. The molecule has 0 amide bonds. The van der Waals surface area contributed by atoms with Crippen molar-refractivity contribution in [1.82, 2.24) is 9.55 Å². The molecule has 0 unspecified atom stereocenters. The van der Waals surface area contributed by atoms with Crippen LogP contribution in [0.2, 0.25) is 0 Å². The molecule has 1 aromatic carbocycles. The molecule has 0 bridgehead atoms. The Balaban J connectivity index is 1.79. The van der Waals surface area contributed by atoms with Crippen LogP contribution in [0, 0.1) is 0 Å². The standard InChI is InChI=1S/C13H14N2O2S/c16-13(17)11-3-1-4-12(9-11)18-8-2-6-15-7-5-14-10-15/h1,3-5,7,9-10H,2,6,8H2,(H,16,17). The summed E-state index contributed by atoms with van der Waals surface area (Å²) in [7, 11) is 0. The summed E-state index contributed by atoms with van der Waals surface area (Å²) in [6, 6.07) is 7.04. The molecule has 18 heavy (non-hydrogen) atoms. The zero-order valence-electron chi connectivity index (χ0n) is 9.82. The summed E-state index contributed by atoms with van der Waals surface area (Å²) in [5, 5.41) is 8.89. The molecule has 0 aliphatic carbocycles. The third-order valence-corrected chi connectivity index (χ3v) is 3.55. The lowest BCUT2D eigenvalue weighted by molar-refractivity contribution is 0.0696. The number of carbonyl (C=O) groups is 1. The predicted molar refractivity (Wildman–Crippen MR) is 71.0 cm³/mol. The van der Waals surface area contributed by atoms with Crippen molar-refractivity contribution in [3.63, 3.8) is 0 Å². The van der Waals surface area contributed by atoms with Crippen LogP contribution in [0.4, 0.5) is 0 Å². The molecular formula is C13H14N2O2S. The average molecular weight is 262 g/mol. The highest BCUT2D eigenvalue weighted by atomic mass is 32.2. The molecule has 94 valence electrons. The number of aromatic carboxylic acids is 1. The molecule has 4 nitrogen and oxygen atoms in total. The first kappa shape index (κ1) is 12.7. The molecule has 0 saturated heterocycles. The summed E-state index contributed by atoms with van der Waals surface area (Å²) in [6.45, 7) is 0.936. The van der Waals surface area contributed by atoms with E-state index in [1.807, 2.05) is 16.8 Å². The van der Waals surface area contributed by atoms with Crippen molar-refractivity contribution in [2.75, 3.05) is 5.75 Å². The maximum atomic E-state index is 10.8. The van der Waals surface area contributed by atoms with Crippen LogP contribution in [-0.4, -0.2) is 26.4 Å². The lowest BCUT2D eigenvalue weighted by Gasteiger charge is -2.03. The summed E-state index contributed by atoms with van der Waals surface area (Å²) < 4.78 is 2.04. The molecule has 0 spiro atoms. The van der Waals surface area contributed by atoms with Crippen LogP contribution >= 0.6 is 11.8 Å². The molecule has 1 heterocycles. The maximum Gasteiger partial charge on any atom is 0.335 e. The number of aromatic nitrogens is 2. The van der Waals surface area contributed by atoms with Gasteiger partial charge < -0.3 is 9.67 Å². The van der Waals surface area contributed by atoms with E-state index in [0.717, 1.165) is 23.6 Å². The molecule has 2 rings (SSSR count). The van der Waals surface area contributed by atoms with E-state index < -0.39 is 5.97 Å². The van der Waals surface area contributed by atoms with Crippen molar-refractivity contribution in [1.29, 1.82) is 0 Å². The number of thioether (sulfide) groups is 1. The van der Waals surface area contributed by atoms with Gasteiger partial charge >= 0.3 is 5.97 Å². The minimum atomic E-state index is -0.879. The van der Waals surface area contributed by atoms with Gasteiger partial charge in [0.25, 0.3) is 0 Å². The van der Waals surface area contributed by atoms with Crippen LogP contribution in [0.1, 0.15) is 16.8 Å². The normalized spacial score (nSPS) is 10.4. The maximum absolute atomic E-state index is 10.8. The van der Waals surface area contributed by atoms with Crippen LogP contribution in [0.15, 0.2) is 47.9 Å². The molecule has 0 aliphatic rings. The molecule has 5 heteroatoms. The van der Waals surface area contributed by atoms with Crippen LogP contribution in [0.3, 0.4) is 0 Å². The third kappa shape index (κ3) is 3.63. The lowest BCUT2D eigenvalue weighted by atomic mass is 10.2. The van der Waals surface area contributed by atoms with E-state index in [4.69, 9.17) is 5.11 Å². The first-order chi connectivity index (χ1) is 8.75. The number of benzene rings is 1. The van der Waals surface area contributed by atoms with Crippen molar-refractivity contribution in [2.45, 2.75) is 17.9 Å². The summed E-state index contributed by atoms with van der Waals surface area (Å²) in [6.07, 6.45) is 6.53. The molecule has 2 aromatic rings. The Kier molecular flexibility index (Phi) is 4.41. The molecule has 1 aromatic heterocycles. The van der Waals surface area contributed by atoms with Crippen LogP contribution in [-0.2, 0) is 6.54 Å². The number of imidazole rings is 1. The fraction of sp³-hybridized carbons (Fsp3) is 0.231. The monoisotopic (exact) mass is 262 g/mol. The van der Waals surface area contributed by atoms with Gasteiger partial charge in [0.15, 0.2) is 0 Å². The molecule has 1 N–H and O–H groups in total. The van der Waals surface area contributed by atoms with Gasteiger partial charge in [-0.15, -0.1) is 11.8 Å². The van der Waals surface area contributed by atoms with E-state index in [1.165, 1.54) is 0 Å². The Morgan fingerprint density at radius 1 is 1.44 bits per heavy atom. The smallest absolute Gasteiger partial charge is 0.335 e. The summed E-state index contributed by atoms with van der Waals surface area (Å²) in [5.74, 6) is 0.0807. The fourth-order valence-corrected chi connectivity index (χ4v) is 2.47. The van der Waals surface area contributed by atoms with Crippen molar-refractivity contribution >= 4 is 17.7 Å². The van der Waals surface area contributed by atoms with Gasteiger partial charge in [-0.1, -0.05) is 6.07 Å². The Morgan fingerprint density at radius 2 is 2.33 bits per heavy atom. The molecule has 0 saturated carbocycles. The Labute approximate surface area is 110 Å². The SMILES string of the molecule is O=C(O)c1cccc(SCCCn2ccnc2)c1. The summed E-state index contributed by atoms with van der Waals surface area (Å²) in [5.41, 5.74) is 0.342. The zero-order valence-corrected chi connectivity index (χ0v) is 10.6. The highest BCUT2D eigenvalue weighted by Crippen LogP contribution is 2.20. The number of rotatable bonds is 6. The van der Waals surface area contributed by atoms with E-state index >= 15 is 0 Å². The second-order valence-electron chi connectivity index (χ2n) is 3.84. The van der Waals surface area contributed by atoms with E-state index in [-0.39, 0.29) is 0 Å². The number of carboxylic acids is 1. The first-order valence-electron chi connectivity index (χ1n) is 5.67. The number of aryl methyl sites for hydroxylation is 1. The van der Waals surface area contributed by atoms with Crippen molar-refractivity contribution in [2.24, 2.45) is 0 Å². The highest BCUT2D eigenvalue weighted by molar-refractivity contribution is 7.99. The number of hydrogen-bond donors (Lipinski definition) is 1. The van der Waals surface area contributed by atoms with E-state index in [2.05, 4.69) is 4.98 Å². The van der Waals surface area contributed by atoms with Gasteiger partial charge in [0.2, 0.25) is 0 Å². The topological polar surface area (TPSA) is 55.1 Å². The Hall–Kier alpha value is -1.75. The number of hydrogen-bond acceptors (Lipinski definition) is 3.